The van der Waals surface area contributed by atoms with E-state index < -0.39 is 0 Å². The van der Waals surface area contributed by atoms with E-state index in [4.69, 9.17) is 9.47 Å². The zero-order valence-corrected chi connectivity index (χ0v) is 12.9. The molecule has 1 aromatic heterocycles. The third kappa shape index (κ3) is 2.58. The lowest BCUT2D eigenvalue weighted by Crippen LogP contribution is -2.67. The summed E-state index contributed by atoms with van der Waals surface area (Å²) in [7, 11) is 0. The van der Waals surface area contributed by atoms with Crippen LogP contribution in [0.5, 0.6) is 5.88 Å². The highest BCUT2D eigenvalue weighted by Crippen LogP contribution is 2.43. The molecule has 0 N–H and O–H groups in total. The second-order valence-corrected chi connectivity index (χ2v) is 6.95. The Hall–Kier alpha value is -1.62. The van der Waals surface area contributed by atoms with Gasteiger partial charge >= 0.3 is 0 Å². The fourth-order valence-corrected chi connectivity index (χ4v) is 3.60. The predicted octanol–water partition coefficient (Wildman–Crippen LogP) is 1.88. The van der Waals surface area contributed by atoms with Gasteiger partial charge in [-0.05, 0) is 18.4 Å². The first kappa shape index (κ1) is 14.0. The summed E-state index contributed by atoms with van der Waals surface area (Å²) in [6.45, 7) is 4.28. The molecule has 5 nitrogen and oxygen atoms in total. The van der Waals surface area contributed by atoms with Crippen LogP contribution in [0, 0.1) is 11.8 Å². The number of likely N-dealkylation sites (tertiary alicyclic amines) is 1. The molecule has 1 aliphatic carbocycles. The van der Waals surface area contributed by atoms with Crippen LogP contribution in [0.25, 0.3) is 0 Å². The summed E-state index contributed by atoms with van der Waals surface area (Å²) in [4.78, 5) is 18.4. The number of hydrogen-bond acceptors (Lipinski definition) is 4. The topological polar surface area (TPSA) is 51.7 Å². The normalized spacial score (nSPS) is 32.4. The van der Waals surface area contributed by atoms with Crippen LogP contribution < -0.4 is 4.74 Å². The van der Waals surface area contributed by atoms with Crippen molar-refractivity contribution in [2.45, 2.75) is 37.9 Å². The minimum absolute atomic E-state index is 0.126. The molecular formula is C17H22N2O3. The third-order valence-electron chi connectivity index (χ3n) is 5.07. The van der Waals surface area contributed by atoms with Crippen molar-refractivity contribution in [3.05, 3.63) is 24.4 Å². The second-order valence-electron chi connectivity index (χ2n) is 6.95. The Morgan fingerprint density at radius 3 is 2.95 bits per heavy atom. The van der Waals surface area contributed by atoms with Gasteiger partial charge in [0, 0.05) is 31.0 Å². The number of carbonyl (C=O) groups excluding carboxylic acids is 1. The van der Waals surface area contributed by atoms with E-state index >= 15 is 0 Å². The summed E-state index contributed by atoms with van der Waals surface area (Å²) >= 11 is 0. The zero-order chi connectivity index (χ0) is 15.2. The molecule has 0 unspecified atom stereocenters. The second kappa shape index (κ2) is 5.23. The fourth-order valence-electron chi connectivity index (χ4n) is 3.60. The van der Waals surface area contributed by atoms with Gasteiger partial charge in [0.25, 0.3) is 0 Å². The van der Waals surface area contributed by atoms with Gasteiger partial charge in [-0.3, -0.25) is 4.79 Å². The third-order valence-corrected chi connectivity index (χ3v) is 5.07. The highest BCUT2D eigenvalue weighted by Gasteiger charge is 2.53. The molecule has 3 atom stereocenters. The van der Waals surface area contributed by atoms with Crippen molar-refractivity contribution in [1.29, 1.82) is 0 Å². The Labute approximate surface area is 130 Å². The van der Waals surface area contributed by atoms with Crippen molar-refractivity contribution in [3.63, 3.8) is 0 Å². The lowest BCUT2D eigenvalue weighted by Gasteiger charge is -2.53. The van der Waals surface area contributed by atoms with Crippen molar-refractivity contribution < 1.29 is 14.3 Å². The van der Waals surface area contributed by atoms with Crippen molar-refractivity contribution in [3.8, 4) is 5.88 Å². The van der Waals surface area contributed by atoms with Crippen LogP contribution in [0.15, 0.2) is 24.4 Å². The molecule has 1 aromatic rings. The molecule has 1 saturated carbocycles. The van der Waals surface area contributed by atoms with E-state index in [1.165, 1.54) is 0 Å². The van der Waals surface area contributed by atoms with Gasteiger partial charge in [-0.15, -0.1) is 0 Å². The summed E-state index contributed by atoms with van der Waals surface area (Å²) in [5.41, 5.74) is -0.189. The van der Waals surface area contributed by atoms with Gasteiger partial charge in [-0.2, -0.15) is 0 Å². The lowest BCUT2D eigenvalue weighted by molar-refractivity contribution is -0.194. The molecule has 0 bridgehead atoms. The van der Waals surface area contributed by atoms with Gasteiger partial charge in [-0.25, -0.2) is 4.98 Å². The standard InChI is InChI=1S/C17H22N2O3/c1-12-8-14(12)16(20)19-10-17(11-19)9-13(5-7-21-17)22-15-4-2-3-6-18-15/h2-4,6,12-14H,5,7-11H2,1H3/t12-,13-,14-/m1/s1. The molecule has 3 heterocycles. The van der Waals surface area contributed by atoms with E-state index in [1.54, 1.807) is 6.20 Å². The Balaban J connectivity index is 1.33. The maximum Gasteiger partial charge on any atom is 0.226 e. The van der Waals surface area contributed by atoms with E-state index in [9.17, 15) is 4.79 Å². The van der Waals surface area contributed by atoms with E-state index in [0.29, 0.717) is 24.3 Å². The molecule has 5 heteroatoms. The van der Waals surface area contributed by atoms with Crippen LogP contribution in [0.3, 0.4) is 0 Å². The van der Waals surface area contributed by atoms with Gasteiger partial charge in [0.1, 0.15) is 11.7 Å². The number of nitrogens with zero attached hydrogens (tertiary/aromatic N) is 2. The summed E-state index contributed by atoms with van der Waals surface area (Å²) in [6.07, 6.45) is 4.64. The van der Waals surface area contributed by atoms with Crippen molar-refractivity contribution >= 4 is 5.91 Å². The van der Waals surface area contributed by atoms with E-state index in [2.05, 4.69) is 11.9 Å². The highest BCUT2D eigenvalue weighted by atomic mass is 16.5. The first-order chi connectivity index (χ1) is 10.7. The molecule has 3 fully saturated rings. The fraction of sp³-hybridized carbons (Fsp3) is 0.647. The quantitative estimate of drug-likeness (QED) is 0.855. The van der Waals surface area contributed by atoms with Crippen molar-refractivity contribution in [2.75, 3.05) is 19.7 Å². The minimum atomic E-state index is -0.189. The maximum atomic E-state index is 12.2. The zero-order valence-electron chi connectivity index (χ0n) is 12.9. The Morgan fingerprint density at radius 2 is 2.27 bits per heavy atom. The van der Waals surface area contributed by atoms with Gasteiger partial charge in [0.2, 0.25) is 11.8 Å². The van der Waals surface area contributed by atoms with Gasteiger partial charge < -0.3 is 14.4 Å². The number of aromatic nitrogens is 1. The predicted molar refractivity (Wildman–Crippen MR) is 80.4 cm³/mol. The first-order valence-corrected chi connectivity index (χ1v) is 8.16. The van der Waals surface area contributed by atoms with Crippen LogP contribution in [0.1, 0.15) is 26.2 Å². The highest BCUT2D eigenvalue weighted by molar-refractivity contribution is 5.82. The van der Waals surface area contributed by atoms with Crippen LogP contribution in [0.4, 0.5) is 0 Å². The monoisotopic (exact) mass is 302 g/mol. The van der Waals surface area contributed by atoms with Crippen molar-refractivity contribution in [2.24, 2.45) is 11.8 Å². The van der Waals surface area contributed by atoms with Crippen LogP contribution in [-0.2, 0) is 9.53 Å². The molecule has 22 heavy (non-hydrogen) atoms. The molecular weight excluding hydrogens is 280 g/mol. The Morgan fingerprint density at radius 1 is 1.45 bits per heavy atom. The van der Waals surface area contributed by atoms with E-state index in [1.807, 2.05) is 23.1 Å². The van der Waals surface area contributed by atoms with E-state index in [0.717, 1.165) is 32.4 Å². The average Bonchev–Trinajstić information content (AvgIpc) is 3.22. The van der Waals surface area contributed by atoms with Crippen LogP contribution in [-0.4, -0.2) is 47.2 Å². The molecule has 2 aliphatic heterocycles. The summed E-state index contributed by atoms with van der Waals surface area (Å²) in [6, 6.07) is 5.69. The summed E-state index contributed by atoms with van der Waals surface area (Å²) < 4.78 is 11.9. The summed E-state index contributed by atoms with van der Waals surface area (Å²) in [5.74, 6) is 1.82. The van der Waals surface area contributed by atoms with Gasteiger partial charge in [0.05, 0.1) is 19.7 Å². The summed E-state index contributed by atoms with van der Waals surface area (Å²) in [5, 5.41) is 0. The Kier molecular flexibility index (Phi) is 3.33. The van der Waals surface area contributed by atoms with Crippen LogP contribution >= 0.6 is 0 Å². The average molecular weight is 302 g/mol. The number of ether oxygens (including phenoxy) is 2. The molecule has 0 aromatic carbocycles. The number of carbonyl (C=O) groups is 1. The maximum absolute atomic E-state index is 12.2. The van der Waals surface area contributed by atoms with Crippen LogP contribution in [0.2, 0.25) is 0 Å². The molecule has 1 spiro atoms. The SMILES string of the molecule is C[C@@H]1C[C@H]1C(=O)N1CC2(C[C@H](Oc3ccccn3)CCO2)C1. The molecule has 3 aliphatic rings. The number of amides is 1. The molecule has 2 saturated heterocycles. The number of pyridine rings is 1. The lowest BCUT2D eigenvalue weighted by atomic mass is 9.84. The van der Waals surface area contributed by atoms with Gasteiger partial charge in [-0.1, -0.05) is 13.0 Å². The van der Waals surface area contributed by atoms with E-state index in [-0.39, 0.29) is 17.6 Å². The largest absolute Gasteiger partial charge is 0.474 e. The first-order valence-electron chi connectivity index (χ1n) is 8.16. The molecule has 118 valence electrons. The smallest absolute Gasteiger partial charge is 0.226 e. The van der Waals surface area contributed by atoms with Gasteiger partial charge in [0.15, 0.2) is 0 Å². The minimum Gasteiger partial charge on any atom is -0.474 e. The molecule has 4 rings (SSSR count). The number of rotatable bonds is 3. The Bertz CT molecular complexity index is 556. The van der Waals surface area contributed by atoms with Crippen molar-refractivity contribution in [1.82, 2.24) is 9.88 Å². The molecule has 1 amide bonds. The number of hydrogen-bond donors (Lipinski definition) is 0. The molecule has 0 radical (unpaired) electrons.